The molecular formula is C17H16N6S. The monoisotopic (exact) mass is 336 g/mol. The molecule has 0 saturated heterocycles. The van der Waals surface area contributed by atoms with Crippen molar-refractivity contribution in [3.63, 3.8) is 0 Å². The zero-order valence-electron chi connectivity index (χ0n) is 13.3. The van der Waals surface area contributed by atoms with Crippen molar-refractivity contribution in [1.29, 1.82) is 0 Å². The third-order valence-corrected chi connectivity index (χ3v) is 4.59. The van der Waals surface area contributed by atoms with Gasteiger partial charge in [-0.25, -0.2) is 4.98 Å². The Morgan fingerprint density at radius 3 is 2.54 bits per heavy atom. The van der Waals surface area contributed by atoms with Crippen LogP contribution in [0.25, 0.3) is 15.3 Å². The summed E-state index contributed by atoms with van der Waals surface area (Å²) in [5.74, 6) is 0.762. The number of hydrogen-bond donors (Lipinski definition) is 2. The molecule has 2 aromatic heterocycles. The Hall–Kier alpha value is -2.93. The minimum Gasteiger partial charge on any atom is -0.368 e. The fourth-order valence-electron chi connectivity index (χ4n) is 2.64. The molecule has 3 N–H and O–H groups in total. The number of anilines is 3. The van der Waals surface area contributed by atoms with Gasteiger partial charge in [-0.1, -0.05) is 29.5 Å². The van der Waals surface area contributed by atoms with Crippen molar-refractivity contribution in [2.45, 2.75) is 13.8 Å². The molecule has 7 heteroatoms. The van der Waals surface area contributed by atoms with Gasteiger partial charge in [-0.3, -0.25) is 0 Å². The summed E-state index contributed by atoms with van der Waals surface area (Å²) in [4.78, 5) is 8.86. The van der Waals surface area contributed by atoms with Gasteiger partial charge in [0.1, 0.15) is 0 Å². The van der Waals surface area contributed by atoms with E-state index in [4.69, 9.17) is 5.73 Å². The van der Waals surface area contributed by atoms with Gasteiger partial charge in [0.25, 0.3) is 0 Å². The minimum absolute atomic E-state index is 0.306. The number of aromatic nitrogens is 4. The predicted molar refractivity (Wildman–Crippen MR) is 98.1 cm³/mol. The molecule has 0 unspecified atom stereocenters. The minimum atomic E-state index is 0.306. The van der Waals surface area contributed by atoms with Gasteiger partial charge in [-0.2, -0.15) is 9.67 Å². The maximum Gasteiger partial charge on any atom is 0.248 e. The zero-order valence-corrected chi connectivity index (χ0v) is 14.1. The van der Waals surface area contributed by atoms with E-state index in [1.54, 1.807) is 4.68 Å². The molecule has 0 fully saturated rings. The maximum absolute atomic E-state index is 6.02. The molecule has 4 rings (SSSR count). The average Bonchev–Trinajstić information content (AvgIpc) is 3.09. The SMILES string of the molecule is Cc1cc(C)cc(Nc2nc(N)n(-c3nc4ccccc4s3)n2)c1. The maximum atomic E-state index is 6.02. The molecule has 120 valence electrons. The first kappa shape index (κ1) is 14.6. The summed E-state index contributed by atoms with van der Waals surface area (Å²) in [5, 5.41) is 8.35. The number of nitrogen functional groups attached to an aromatic ring is 1. The second-order valence-electron chi connectivity index (χ2n) is 5.67. The quantitative estimate of drug-likeness (QED) is 0.594. The fourth-order valence-corrected chi connectivity index (χ4v) is 3.57. The summed E-state index contributed by atoms with van der Waals surface area (Å²) in [6.07, 6.45) is 0. The Bertz CT molecular complexity index is 979. The van der Waals surface area contributed by atoms with Crippen LogP contribution < -0.4 is 11.1 Å². The normalized spacial score (nSPS) is 11.1. The molecule has 0 saturated carbocycles. The molecule has 0 amide bonds. The third-order valence-electron chi connectivity index (χ3n) is 3.57. The van der Waals surface area contributed by atoms with E-state index < -0.39 is 0 Å². The molecule has 2 heterocycles. The molecule has 24 heavy (non-hydrogen) atoms. The van der Waals surface area contributed by atoms with Crippen LogP contribution in [0, 0.1) is 13.8 Å². The van der Waals surface area contributed by atoms with Gasteiger partial charge in [0.05, 0.1) is 10.2 Å². The van der Waals surface area contributed by atoms with Crippen molar-refractivity contribution in [3.8, 4) is 5.13 Å². The summed E-state index contributed by atoms with van der Waals surface area (Å²) in [6.45, 7) is 4.11. The molecule has 0 bridgehead atoms. The lowest BCUT2D eigenvalue weighted by atomic mass is 10.1. The molecule has 2 aromatic carbocycles. The van der Waals surface area contributed by atoms with Crippen LogP contribution in [0.15, 0.2) is 42.5 Å². The van der Waals surface area contributed by atoms with E-state index in [-0.39, 0.29) is 0 Å². The number of nitrogens with two attached hydrogens (primary N) is 1. The highest BCUT2D eigenvalue weighted by molar-refractivity contribution is 7.20. The summed E-state index contributed by atoms with van der Waals surface area (Å²) >= 11 is 1.53. The highest BCUT2D eigenvalue weighted by atomic mass is 32.1. The van der Waals surface area contributed by atoms with Crippen molar-refractivity contribution in [2.75, 3.05) is 11.1 Å². The number of fused-ring (bicyclic) bond motifs is 1. The van der Waals surface area contributed by atoms with Gasteiger partial charge in [-0.15, -0.1) is 5.10 Å². The predicted octanol–water partition coefficient (Wildman–Crippen LogP) is 3.82. The van der Waals surface area contributed by atoms with Gasteiger partial charge >= 0.3 is 0 Å². The number of nitrogens with zero attached hydrogens (tertiary/aromatic N) is 4. The lowest BCUT2D eigenvalue weighted by Crippen LogP contribution is -2.01. The topological polar surface area (TPSA) is 81.6 Å². The largest absolute Gasteiger partial charge is 0.368 e. The van der Waals surface area contributed by atoms with E-state index in [1.807, 2.05) is 36.4 Å². The van der Waals surface area contributed by atoms with Crippen molar-refractivity contribution in [2.24, 2.45) is 0 Å². The number of hydrogen-bond acceptors (Lipinski definition) is 6. The molecular weight excluding hydrogens is 320 g/mol. The molecule has 0 aliphatic rings. The molecule has 0 aliphatic carbocycles. The molecule has 0 atom stereocenters. The summed E-state index contributed by atoms with van der Waals surface area (Å²) < 4.78 is 2.65. The van der Waals surface area contributed by atoms with Gasteiger partial charge in [0.15, 0.2) is 0 Å². The van der Waals surface area contributed by atoms with Crippen LogP contribution in [-0.4, -0.2) is 19.7 Å². The van der Waals surface area contributed by atoms with Crippen molar-refractivity contribution in [1.82, 2.24) is 19.7 Å². The van der Waals surface area contributed by atoms with E-state index in [9.17, 15) is 0 Å². The van der Waals surface area contributed by atoms with Crippen LogP contribution in [0.3, 0.4) is 0 Å². The van der Waals surface area contributed by atoms with Gasteiger partial charge in [0, 0.05) is 5.69 Å². The second-order valence-corrected chi connectivity index (χ2v) is 6.68. The third kappa shape index (κ3) is 2.69. The lowest BCUT2D eigenvalue weighted by Gasteiger charge is -2.04. The summed E-state index contributed by atoms with van der Waals surface area (Å²) in [5.41, 5.74) is 10.2. The number of rotatable bonds is 3. The first-order valence-corrected chi connectivity index (χ1v) is 8.34. The zero-order chi connectivity index (χ0) is 16.7. The first-order chi connectivity index (χ1) is 11.6. The second kappa shape index (κ2) is 5.61. The molecule has 0 aliphatic heterocycles. The van der Waals surface area contributed by atoms with Gasteiger partial charge in [-0.05, 0) is 49.2 Å². The van der Waals surface area contributed by atoms with E-state index in [2.05, 4.69) is 40.3 Å². The standard InChI is InChI=1S/C17H16N6S/c1-10-7-11(2)9-12(8-10)19-16-21-15(18)23(22-16)17-20-13-5-3-4-6-14(13)24-17/h3-9H,1-2H3,(H3,18,19,21,22). The van der Waals surface area contributed by atoms with Crippen LogP contribution in [-0.2, 0) is 0 Å². The Kier molecular flexibility index (Phi) is 3.42. The highest BCUT2D eigenvalue weighted by Gasteiger charge is 2.13. The van der Waals surface area contributed by atoms with E-state index in [1.165, 1.54) is 22.5 Å². The molecule has 6 nitrogen and oxygen atoms in total. The number of thiazole rings is 1. The van der Waals surface area contributed by atoms with Crippen molar-refractivity contribution < 1.29 is 0 Å². The van der Waals surface area contributed by atoms with E-state index >= 15 is 0 Å². The Balaban J connectivity index is 1.69. The average molecular weight is 336 g/mol. The van der Waals surface area contributed by atoms with Crippen LogP contribution in [0.2, 0.25) is 0 Å². The van der Waals surface area contributed by atoms with Gasteiger partial charge in [0.2, 0.25) is 17.0 Å². The van der Waals surface area contributed by atoms with Crippen LogP contribution in [0.5, 0.6) is 0 Å². The summed E-state index contributed by atoms with van der Waals surface area (Å²) in [6, 6.07) is 14.1. The Labute approximate surface area is 143 Å². The van der Waals surface area contributed by atoms with Crippen LogP contribution in [0.1, 0.15) is 11.1 Å². The number of nitrogens with one attached hydrogen (secondary N) is 1. The molecule has 0 radical (unpaired) electrons. The van der Waals surface area contributed by atoms with E-state index in [0.717, 1.165) is 15.9 Å². The fraction of sp³-hybridized carbons (Fsp3) is 0.118. The number of benzene rings is 2. The van der Waals surface area contributed by atoms with E-state index in [0.29, 0.717) is 17.0 Å². The molecule has 0 spiro atoms. The highest BCUT2D eigenvalue weighted by Crippen LogP contribution is 2.26. The number of aryl methyl sites for hydroxylation is 2. The smallest absolute Gasteiger partial charge is 0.248 e. The van der Waals surface area contributed by atoms with Crippen molar-refractivity contribution >= 4 is 39.1 Å². The lowest BCUT2D eigenvalue weighted by molar-refractivity contribution is 0.886. The van der Waals surface area contributed by atoms with Gasteiger partial charge < -0.3 is 11.1 Å². The Morgan fingerprint density at radius 2 is 1.79 bits per heavy atom. The Morgan fingerprint density at radius 1 is 1.04 bits per heavy atom. The number of para-hydroxylation sites is 1. The van der Waals surface area contributed by atoms with Crippen LogP contribution in [0.4, 0.5) is 17.6 Å². The van der Waals surface area contributed by atoms with Crippen LogP contribution >= 0.6 is 11.3 Å². The first-order valence-electron chi connectivity index (χ1n) is 7.52. The summed E-state index contributed by atoms with van der Waals surface area (Å²) in [7, 11) is 0. The van der Waals surface area contributed by atoms with Crippen molar-refractivity contribution in [3.05, 3.63) is 53.6 Å². The molecule has 4 aromatic rings.